The van der Waals surface area contributed by atoms with Gasteiger partial charge in [-0.1, -0.05) is 6.92 Å². The zero-order chi connectivity index (χ0) is 20.2. The SMILES string of the molecule is CCC1c2nnc(C)n2-c2cnc(-n3ccnc3-c3cnccn3)nc2N1C1CC1. The molecule has 2 aliphatic rings. The zero-order valence-electron chi connectivity index (χ0n) is 16.7. The first-order valence-corrected chi connectivity index (χ1v) is 10.1. The van der Waals surface area contributed by atoms with Crippen LogP contribution in [0.25, 0.3) is 23.2 Å². The second kappa shape index (κ2) is 6.41. The van der Waals surface area contributed by atoms with Gasteiger partial charge in [0, 0.05) is 30.8 Å². The van der Waals surface area contributed by atoms with Crippen LogP contribution in [0, 0.1) is 6.92 Å². The normalized spacial score (nSPS) is 17.7. The molecule has 0 saturated heterocycles. The largest absolute Gasteiger partial charge is 0.341 e. The van der Waals surface area contributed by atoms with E-state index in [-0.39, 0.29) is 6.04 Å². The number of aryl methyl sites for hydroxylation is 1. The Balaban J connectivity index is 1.53. The highest BCUT2D eigenvalue weighted by Crippen LogP contribution is 2.45. The van der Waals surface area contributed by atoms with Crippen molar-refractivity contribution in [3.05, 3.63) is 48.8 Å². The number of hydrogen-bond acceptors (Lipinski definition) is 8. The molecular weight excluding hydrogens is 380 g/mol. The monoisotopic (exact) mass is 400 g/mol. The number of rotatable bonds is 4. The summed E-state index contributed by atoms with van der Waals surface area (Å²) >= 11 is 0. The van der Waals surface area contributed by atoms with E-state index in [1.54, 1.807) is 24.8 Å². The summed E-state index contributed by atoms with van der Waals surface area (Å²) in [6, 6.07) is 0.626. The fourth-order valence-corrected chi connectivity index (χ4v) is 4.21. The average Bonchev–Trinajstić information content (AvgIpc) is 3.37. The van der Waals surface area contributed by atoms with Crippen molar-refractivity contribution < 1.29 is 0 Å². The maximum Gasteiger partial charge on any atom is 0.237 e. The number of hydrogen-bond donors (Lipinski definition) is 0. The first-order chi connectivity index (χ1) is 14.8. The van der Waals surface area contributed by atoms with E-state index in [0.717, 1.165) is 29.6 Å². The molecule has 30 heavy (non-hydrogen) atoms. The van der Waals surface area contributed by atoms with Gasteiger partial charge in [-0.05, 0) is 26.2 Å². The van der Waals surface area contributed by atoms with Crippen molar-refractivity contribution in [3.8, 4) is 23.2 Å². The molecule has 1 saturated carbocycles. The summed E-state index contributed by atoms with van der Waals surface area (Å²) in [7, 11) is 0. The van der Waals surface area contributed by atoms with Gasteiger partial charge >= 0.3 is 0 Å². The molecule has 1 atom stereocenters. The summed E-state index contributed by atoms with van der Waals surface area (Å²) in [5.41, 5.74) is 1.60. The first kappa shape index (κ1) is 17.2. The molecule has 6 rings (SSSR count). The third kappa shape index (κ3) is 2.46. The van der Waals surface area contributed by atoms with E-state index in [2.05, 4.69) is 46.5 Å². The number of imidazole rings is 1. The molecule has 4 aromatic rings. The first-order valence-electron chi connectivity index (χ1n) is 10.1. The molecular formula is C20H20N10. The van der Waals surface area contributed by atoms with Crippen molar-refractivity contribution in [2.24, 2.45) is 0 Å². The Morgan fingerprint density at radius 3 is 2.70 bits per heavy atom. The third-order valence-corrected chi connectivity index (χ3v) is 5.68. The topological polar surface area (TPSA) is 103 Å². The molecule has 1 fully saturated rings. The maximum atomic E-state index is 5.02. The summed E-state index contributed by atoms with van der Waals surface area (Å²) in [5, 5.41) is 8.82. The minimum Gasteiger partial charge on any atom is -0.341 e. The molecule has 4 aromatic heterocycles. The molecule has 0 radical (unpaired) electrons. The predicted molar refractivity (Wildman–Crippen MR) is 108 cm³/mol. The molecule has 0 aromatic carbocycles. The lowest BCUT2D eigenvalue weighted by Crippen LogP contribution is -2.37. The van der Waals surface area contributed by atoms with Gasteiger partial charge in [-0.2, -0.15) is 4.98 Å². The minimum absolute atomic E-state index is 0.149. The standard InChI is InChI=1S/C20H20N10/c1-3-15-19-27-26-12(2)29(19)16-11-24-20(25-18(16)30(15)13-4-5-13)28-9-8-23-17(28)14-10-21-6-7-22-14/h6-11,13,15H,3-5H2,1-2H3. The van der Waals surface area contributed by atoms with E-state index in [0.29, 0.717) is 23.5 Å². The predicted octanol–water partition coefficient (Wildman–Crippen LogP) is 2.44. The smallest absolute Gasteiger partial charge is 0.237 e. The molecule has 0 amide bonds. The van der Waals surface area contributed by atoms with Gasteiger partial charge < -0.3 is 4.90 Å². The second-order valence-electron chi connectivity index (χ2n) is 7.59. The van der Waals surface area contributed by atoms with Crippen molar-refractivity contribution in [2.45, 2.75) is 45.2 Å². The van der Waals surface area contributed by atoms with E-state index in [9.17, 15) is 0 Å². The van der Waals surface area contributed by atoms with Gasteiger partial charge in [-0.25, -0.2) is 15.0 Å². The van der Waals surface area contributed by atoms with Crippen LogP contribution in [0.3, 0.4) is 0 Å². The van der Waals surface area contributed by atoms with Crippen molar-refractivity contribution in [1.29, 1.82) is 0 Å². The number of nitrogens with zero attached hydrogens (tertiary/aromatic N) is 10. The lowest BCUT2D eigenvalue weighted by atomic mass is 10.1. The van der Waals surface area contributed by atoms with Gasteiger partial charge in [0.25, 0.3) is 0 Å². The maximum absolute atomic E-state index is 5.02. The van der Waals surface area contributed by atoms with Gasteiger partial charge in [0.05, 0.1) is 18.4 Å². The van der Waals surface area contributed by atoms with E-state index >= 15 is 0 Å². The highest BCUT2D eigenvalue weighted by atomic mass is 15.4. The third-order valence-electron chi connectivity index (χ3n) is 5.68. The molecule has 150 valence electrons. The lowest BCUT2D eigenvalue weighted by molar-refractivity contribution is 0.530. The molecule has 1 aliphatic carbocycles. The fourth-order valence-electron chi connectivity index (χ4n) is 4.21. The lowest BCUT2D eigenvalue weighted by Gasteiger charge is -2.37. The Kier molecular flexibility index (Phi) is 3.67. The van der Waals surface area contributed by atoms with Crippen LogP contribution in [0.2, 0.25) is 0 Å². The summed E-state index contributed by atoms with van der Waals surface area (Å²) in [6.45, 7) is 4.15. The fraction of sp³-hybridized carbons (Fsp3) is 0.350. The van der Waals surface area contributed by atoms with Crippen LogP contribution in [0.4, 0.5) is 5.82 Å². The number of anilines is 1. The van der Waals surface area contributed by atoms with Crippen LogP contribution in [0.1, 0.15) is 43.9 Å². The van der Waals surface area contributed by atoms with Crippen LogP contribution in [-0.4, -0.2) is 50.3 Å². The van der Waals surface area contributed by atoms with Gasteiger partial charge in [0.15, 0.2) is 17.5 Å². The summed E-state index contributed by atoms with van der Waals surface area (Å²) < 4.78 is 3.94. The van der Waals surface area contributed by atoms with Crippen LogP contribution in [-0.2, 0) is 0 Å². The molecule has 0 bridgehead atoms. The zero-order valence-corrected chi connectivity index (χ0v) is 16.7. The van der Waals surface area contributed by atoms with Crippen molar-refractivity contribution >= 4 is 5.82 Å². The van der Waals surface area contributed by atoms with Crippen LogP contribution in [0.15, 0.2) is 37.2 Å². The van der Waals surface area contributed by atoms with Crippen LogP contribution >= 0.6 is 0 Å². The molecule has 1 unspecified atom stereocenters. The highest BCUT2D eigenvalue weighted by molar-refractivity contribution is 5.64. The Bertz CT molecular complexity index is 1220. The van der Waals surface area contributed by atoms with Crippen LogP contribution < -0.4 is 4.90 Å². The number of aromatic nitrogens is 9. The Morgan fingerprint density at radius 2 is 1.93 bits per heavy atom. The van der Waals surface area contributed by atoms with Crippen LogP contribution in [0.5, 0.6) is 0 Å². The Labute approximate surface area is 172 Å². The molecule has 5 heterocycles. The summed E-state index contributed by atoms with van der Waals surface area (Å²) in [5.74, 6) is 3.95. The van der Waals surface area contributed by atoms with Gasteiger partial charge in [-0.3, -0.25) is 14.1 Å². The molecule has 0 N–H and O–H groups in total. The van der Waals surface area contributed by atoms with Crippen molar-refractivity contribution in [1.82, 2.24) is 44.3 Å². The van der Waals surface area contributed by atoms with E-state index in [4.69, 9.17) is 4.98 Å². The minimum atomic E-state index is 0.149. The highest BCUT2D eigenvalue weighted by Gasteiger charge is 2.42. The summed E-state index contributed by atoms with van der Waals surface area (Å²) in [4.78, 5) is 25.1. The quantitative estimate of drug-likeness (QED) is 0.515. The molecule has 10 nitrogen and oxygen atoms in total. The molecule has 10 heteroatoms. The second-order valence-corrected chi connectivity index (χ2v) is 7.59. The average molecular weight is 400 g/mol. The Hall–Kier alpha value is -3.69. The van der Waals surface area contributed by atoms with E-state index < -0.39 is 0 Å². The van der Waals surface area contributed by atoms with Gasteiger partial charge in [0.1, 0.15) is 17.2 Å². The van der Waals surface area contributed by atoms with Crippen molar-refractivity contribution in [2.75, 3.05) is 4.90 Å². The van der Waals surface area contributed by atoms with E-state index in [1.807, 2.05) is 23.9 Å². The van der Waals surface area contributed by atoms with Crippen molar-refractivity contribution in [3.63, 3.8) is 0 Å². The van der Waals surface area contributed by atoms with Gasteiger partial charge in [-0.15, -0.1) is 10.2 Å². The summed E-state index contributed by atoms with van der Waals surface area (Å²) in [6.07, 6.45) is 13.7. The molecule has 1 aliphatic heterocycles. The van der Waals surface area contributed by atoms with Gasteiger partial charge in [0.2, 0.25) is 5.95 Å². The van der Waals surface area contributed by atoms with E-state index in [1.165, 1.54) is 12.8 Å². The Morgan fingerprint density at radius 1 is 1.03 bits per heavy atom. The number of fused-ring (bicyclic) bond motifs is 3. The molecule has 0 spiro atoms.